The van der Waals surface area contributed by atoms with Crippen LogP contribution in [0.1, 0.15) is 0 Å². The first-order chi connectivity index (χ1) is 43.1. The lowest BCUT2D eigenvalue weighted by Crippen LogP contribution is -2.09. The normalized spacial score (nSPS) is 11.4. The third-order valence-electron chi connectivity index (χ3n) is 16.8. The third-order valence-corrected chi connectivity index (χ3v) is 16.8. The van der Waals surface area contributed by atoms with E-state index in [4.69, 9.17) is 15.0 Å². The zero-order valence-corrected chi connectivity index (χ0v) is 47.4. The first kappa shape index (κ1) is 51.0. The first-order valence-electron chi connectivity index (χ1n) is 29.5. The molecule has 14 aromatic carbocycles. The van der Waals surface area contributed by atoms with E-state index >= 15 is 0 Å². The van der Waals surface area contributed by atoms with Crippen molar-refractivity contribution in [3.63, 3.8) is 0 Å². The zero-order valence-electron chi connectivity index (χ0n) is 47.4. The van der Waals surface area contributed by atoms with Crippen LogP contribution in [0.2, 0.25) is 0 Å². The van der Waals surface area contributed by atoms with Crippen LogP contribution in [-0.2, 0) is 0 Å². The standard InChI is InChI=1S/C81H54N6/c1-7-21-57(22-8-1)79-82-80(58-23-9-2-10-24-58)84-81(83-79)61-39-47-71-72-48-46-68(54-74(72)70-34-20-19-33-69(70)73(71)53-61)87-77-49-40-59(55-35-42-66(43-36-55)85(62-25-11-3-12-26-62)63-27-13-4-14-28-63)51-75(77)76-52-60(41-50-78(76)87)56-37-44-67(45-38-56)86(64-29-15-5-16-30-64)65-31-17-6-18-32-65/h1-54H. The quantitative estimate of drug-likeness (QED) is 0.114. The fraction of sp³-hybridized carbons (Fsp3) is 0. The summed E-state index contributed by atoms with van der Waals surface area (Å²) in [5.74, 6) is 1.91. The van der Waals surface area contributed by atoms with Gasteiger partial charge in [-0.25, -0.2) is 15.0 Å². The average molecular weight is 1110 g/mol. The fourth-order valence-corrected chi connectivity index (χ4v) is 12.6. The summed E-state index contributed by atoms with van der Waals surface area (Å²) in [6.45, 7) is 0. The van der Waals surface area contributed by atoms with Crippen LogP contribution >= 0.6 is 0 Å². The van der Waals surface area contributed by atoms with Gasteiger partial charge in [-0.1, -0.05) is 212 Å². The summed E-state index contributed by atoms with van der Waals surface area (Å²) in [4.78, 5) is 19.8. The lowest BCUT2D eigenvalue weighted by Gasteiger charge is -2.25. The molecule has 0 atom stereocenters. The minimum Gasteiger partial charge on any atom is -0.311 e. The fourth-order valence-electron chi connectivity index (χ4n) is 12.6. The highest BCUT2D eigenvalue weighted by atomic mass is 15.1. The van der Waals surface area contributed by atoms with Crippen LogP contribution < -0.4 is 9.80 Å². The number of aromatic nitrogens is 4. The molecule has 0 radical (unpaired) electrons. The molecule has 0 aliphatic carbocycles. The van der Waals surface area contributed by atoms with E-state index in [1.165, 1.54) is 37.7 Å². The molecule has 0 aliphatic heterocycles. The Labute approximate surface area is 504 Å². The van der Waals surface area contributed by atoms with E-state index in [2.05, 4.69) is 306 Å². The summed E-state index contributed by atoms with van der Waals surface area (Å²) < 4.78 is 2.45. The summed E-state index contributed by atoms with van der Waals surface area (Å²) in [7, 11) is 0. The summed E-state index contributed by atoms with van der Waals surface area (Å²) >= 11 is 0. The molecular weight excluding hydrogens is 1060 g/mol. The Morgan fingerprint density at radius 3 is 0.908 bits per heavy atom. The number of fused-ring (bicyclic) bond motifs is 9. The van der Waals surface area contributed by atoms with Crippen molar-refractivity contribution in [3.8, 4) is 62.1 Å². The van der Waals surface area contributed by atoms with Crippen molar-refractivity contribution < 1.29 is 0 Å². The first-order valence-corrected chi connectivity index (χ1v) is 29.5. The molecule has 0 amide bonds. The van der Waals surface area contributed by atoms with Crippen LogP contribution in [0.25, 0.3) is 116 Å². The number of hydrogen-bond donors (Lipinski definition) is 0. The molecule has 16 rings (SSSR count). The van der Waals surface area contributed by atoms with Gasteiger partial charge in [0.05, 0.1) is 11.0 Å². The van der Waals surface area contributed by atoms with Gasteiger partial charge in [-0.05, 0) is 170 Å². The number of rotatable bonds is 12. The maximum Gasteiger partial charge on any atom is 0.164 e. The zero-order chi connectivity index (χ0) is 57.6. The average Bonchev–Trinajstić information content (AvgIpc) is 1.87. The highest BCUT2D eigenvalue weighted by Gasteiger charge is 2.20. The summed E-state index contributed by atoms with van der Waals surface area (Å²) in [5.41, 5.74) is 17.4. The molecule has 0 saturated carbocycles. The van der Waals surface area contributed by atoms with Gasteiger partial charge >= 0.3 is 0 Å². The summed E-state index contributed by atoms with van der Waals surface area (Å²) in [6.07, 6.45) is 0. The summed E-state index contributed by atoms with van der Waals surface area (Å²) in [6, 6.07) is 117. The molecule has 6 nitrogen and oxygen atoms in total. The highest BCUT2D eigenvalue weighted by Crippen LogP contribution is 2.43. The van der Waals surface area contributed by atoms with Crippen molar-refractivity contribution in [1.82, 2.24) is 19.5 Å². The number of nitrogens with zero attached hydrogens (tertiary/aromatic N) is 6. The van der Waals surface area contributed by atoms with E-state index in [0.717, 1.165) is 95.2 Å². The molecule has 0 spiro atoms. The number of benzene rings is 14. The van der Waals surface area contributed by atoms with E-state index < -0.39 is 0 Å². The minimum atomic E-state index is 0.631. The smallest absolute Gasteiger partial charge is 0.164 e. The largest absolute Gasteiger partial charge is 0.311 e. The van der Waals surface area contributed by atoms with Crippen molar-refractivity contribution in [3.05, 3.63) is 328 Å². The van der Waals surface area contributed by atoms with Gasteiger partial charge in [0.25, 0.3) is 0 Å². The number of hydrogen-bond acceptors (Lipinski definition) is 5. The van der Waals surface area contributed by atoms with Gasteiger partial charge in [-0.3, -0.25) is 0 Å². The number of para-hydroxylation sites is 4. The maximum absolute atomic E-state index is 5.12. The molecule has 87 heavy (non-hydrogen) atoms. The molecular formula is C81H54N6. The van der Waals surface area contributed by atoms with Gasteiger partial charge in [-0.15, -0.1) is 0 Å². The molecule has 2 aromatic heterocycles. The topological polar surface area (TPSA) is 50.1 Å². The van der Waals surface area contributed by atoms with E-state index in [0.29, 0.717) is 17.5 Å². The van der Waals surface area contributed by atoms with Gasteiger partial charge in [0.15, 0.2) is 17.5 Å². The van der Waals surface area contributed by atoms with Crippen LogP contribution in [-0.4, -0.2) is 19.5 Å². The van der Waals surface area contributed by atoms with Gasteiger partial charge in [-0.2, -0.15) is 0 Å². The second-order valence-corrected chi connectivity index (χ2v) is 22.0. The molecule has 0 fully saturated rings. The lowest BCUT2D eigenvalue weighted by molar-refractivity contribution is 1.07. The van der Waals surface area contributed by atoms with E-state index in [9.17, 15) is 0 Å². The van der Waals surface area contributed by atoms with Gasteiger partial charge in [0, 0.05) is 67.3 Å². The summed E-state index contributed by atoms with van der Waals surface area (Å²) in [5, 5.41) is 9.38. The van der Waals surface area contributed by atoms with E-state index in [1.54, 1.807) is 0 Å². The molecule has 16 aromatic rings. The maximum atomic E-state index is 5.12. The molecule has 0 bridgehead atoms. The Morgan fingerprint density at radius 1 is 0.195 bits per heavy atom. The predicted molar refractivity (Wildman–Crippen MR) is 363 cm³/mol. The molecule has 0 unspecified atom stereocenters. The van der Waals surface area contributed by atoms with E-state index in [-0.39, 0.29) is 0 Å². The minimum absolute atomic E-state index is 0.631. The van der Waals surface area contributed by atoms with E-state index in [1.807, 2.05) is 36.4 Å². The monoisotopic (exact) mass is 1110 g/mol. The van der Waals surface area contributed by atoms with Crippen LogP contribution in [0, 0.1) is 0 Å². The second kappa shape index (κ2) is 21.8. The van der Waals surface area contributed by atoms with Crippen molar-refractivity contribution in [2.45, 2.75) is 0 Å². The molecule has 408 valence electrons. The van der Waals surface area contributed by atoms with Crippen molar-refractivity contribution >= 4 is 88.2 Å². The van der Waals surface area contributed by atoms with Crippen LogP contribution in [0.15, 0.2) is 328 Å². The Kier molecular flexibility index (Phi) is 12.8. The Hall–Kier alpha value is -11.7. The van der Waals surface area contributed by atoms with Crippen molar-refractivity contribution in [2.24, 2.45) is 0 Å². The molecule has 0 N–H and O–H groups in total. The highest BCUT2D eigenvalue weighted by molar-refractivity contribution is 6.26. The SMILES string of the molecule is c1ccc(-c2nc(-c3ccccc3)nc(-c3ccc4c5ccc(-n6c7ccc(-c8ccc(N(c9ccccc9)c9ccccc9)cc8)cc7c7cc(-c8ccc(N(c9ccccc9)c9ccccc9)cc8)ccc76)cc5c5ccccc5c4c3)n2)cc1. The van der Waals surface area contributed by atoms with Gasteiger partial charge in [0.1, 0.15) is 0 Å². The van der Waals surface area contributed by atoms with Crippen molar-refractivity contribution in [1.29, 1.82) is 0 Å². The second-order valence-electron chi connectivity index (χ2n) is 22.0. The van der Waals surface area contributed by atoms with Crippen molar-refractivity contribution in [2.75, 3.05) is 9.80 Å². The van der Waals surface area contributed by atoms with Crippen LogP contribution in [0.4, 0.5) is 34.1 Å². The third kappa shape index (κ3) is 9.39. The molecule has 2 heterocycles. The lowest BCUT2D eigenvalue weighted by atomic mass is 9.93. The van der Waals surface area contributed by atoms with Crippen LogP contribution in [0.5, 0.6) is 0 Å². The molecule has 0 saturated heterocycles. The Bertz CT molecular complexity index is 4830. The Morgan fingerprint density at radius 2 is 0.494 bits per heavy atom. The van der Waals surface area contributed by atoms with Gasteiger partial charge < -0.3 is 14.4 Å². The van der Waals surface area contributed by atoms with Crippen LogP contribution in [0.3, 0.4) is 0 Å². The number of anilines is 6. The molecule has 0 aliphatic rings. The molecule has 6 heteroatoms. The Balaban J connectivity index is 0.832. The predicted octanol–water partition coefficient (Wildman–Crippen LogP) is 21.7. The van der Waals surface area contributed by atoms with Gasteiger partial charge in [0.2, 0.25) is 0 Å².